The molecule has 0 unspecified atom stereocenters. The van der Waals surface area contributed by atoms with Crippen LogP contribution in [0.3, 0.4) is 0 Å². The topological polar surface area (TPSA) is 90.1 Å². The van der Waals surface area contributed by atoms with Crippen LogP contribution in [0.1, 0.15) is 12.3 Å². The average Bonchev–Trinajstić information content (AvgIpc) is 2.96. The highest BCUT2D eigenvalue weighted by Crippen LogP contribution is 2.52. The Morgan fingerprint density at radius 3 is 3.11 bits per heavy atom. The largest absolute Gasteiger partial charge is 0.386 e. The molecule has 0 saturated carbocycles. The van der Waals surface area contributed by atoms with Crippen molar-refractivity contribution in [3.05, 3.63) is 12.7 Å². The van der Waals surface area contributed by atoms with E-state index in [2.05, 4.69) is 9.97 Å². The van der Waals surface area contributed by atoms with Crippen molar-refractivity contribution in [1.82, 2.24) is 14.5 Å². The number of aliphatic hydroxyl groups is 1. The Balaban J connectivity index is 1.75. The highest BCUT2D eigenvalue weighted by atomic mass is 32.2. The zero-order chi connectivity index (χ0) is 12.8. The third-order valence-corrected chi connectivity index (χ3v) is 5.76. The molecule has 2 aromatic rings. The number of nitrogen functional groups attached to an aromatic ring is 1. The van der Waals surface area contributed by atoms with Gasteiger partial charge in [-0.2, -0.15) is 11.8 Å². The number of anilines is 1. The number of hydrogen-bond donors (Lipinski definition) is 2. The normalized spacial score (nSPS) is 33.8. The van der Waals surface area contributed by atoms with E-state index >= 15 is 0 Å². The standard InChI is InChI=1S/C11H11N5O2S/c12-8-5-9-15(4-14-8)6-7(17)11(1-19-2-11)18-10(6)16(9)3-13-5/h3-4,6-7,10,12,17H,1-2H2/p+1/t6-,7-,10+/m0/s1. The number of aromatic nitrogens is 4. The summed E-state index contributed by atoms with van der Waals surface area (Å²) in [6.45, 7) is 0. The number of fused-ring (bicyclic) bond motifs is 3. The van der Waals surface area contributed by atoms with Gasteiger partial charge in [-0.05, 0) is 0 Å². The van der Waals surface area contributed by atoms with Crippen LogP contribution in [-0.4, -0.2) is 42.9 Å². The van der Waals surface area contributed by atoms with Crippen LogP contribution in [0.5, 0.6) is 0 Å². The SMILES string of the molecule is Nc1nc[n+]2c3c1ncn3[C@@H]1OC3(CSC3)[C@@H](O)[C@@H]12. The smallest absolute Gasteiger partial charge is 0.263 e. The molecule has 3 aliphatic heterocycles. The van der Waals surface area contributed by atoms with Gasteiger partial charge >= 0.3 is 0 Å². The zero-order valence-corrected chi connectivity index (χ0v) is 10.7. The molecule has 0 aliphatic carbocycles. The molecule has 3 aliphatic rings. The number of nitrogens with two attached hydrogens (primary N) is 1. The van der Waals surface area contributed by atoms with Crippen LogP contribution < -0.4 is 10.3 Å². The van der Waals surface area contributed by atoms with Crippen LogP contribution in [0.25, 0.3) is 11.2 Å². The first kappa shape index (κ1) is 10.4. The summed E-state index contributed by atoms with van der Waals surface area (Å²) >= 11 is 1.80. The third kappa shape index (κ3) is 0.999. The van der Waals surface area contributed by atoms with E-state index in [1.807, 2.05) is 9.13 Å². The van der Waals surface area contributed by atoms with E-state index in [9.17, 15) is 5.11 Å². The minimum atomic E-state index is -0.516. The summed E-state index contributed by atoms with van der Waals surface area (Å²) in [5.41, 5.74) is 6.98. The molecule has 98 valence electrons. The fourth-order valence-electron chi connectivity index (χ4n) is 3.34. The summed E-state index contributed by atoms with van der Waals surface area (Å²) < 4.78 is 10.1. The highest BCUT2D eigenvalue weighted by molar-refractivity contribution is 8.00. The van der Waals surface area contributed by atoms with Crippen LogP contribution in [-0.2, 0) is 4.74 Å². The van der Waals surface area contributed by atoms with Crippen molar-refractivity contribution in [3.63, 3.8) is 0 Å². The van der Waals surface area contributed by atoms with Crippen molar-refractivity contribution >= 4 is 28.7 Å². The molecule has 0 amide bonds. The molecule has 1 spiro atoms. The molecule has 2 aromatic heterocycles. The van der Waals surface area contributed by atoms with E-state index in [4.69, 9.17) is 10.5 Å². The Morgan fingerprint density at radius 1 is 1.53 bits per heavy atom. The van der Waals surface area contributed by atoms with Crippen LogP contribution in [0.15, 0.2) is 12.7 Å². The molecule has 3 atom stereocenters. The minimum absolute atomic E-state index is 0.130. The predicted octanol–water partition coefficient (Wildman–Crippen LogP) is -0.769. The van der Waals surface area contributed by atoms with E-state index in [0.717, 1.165) is 17.2 Å². The van der Waals surface area contributed by atoms with Gasteiger partial charge < -0.3 is 15.6 Å². The van der Waals surface area contributed by atoms with Crippen molar-refractivity contribution in [1.29, 1.82) is 0 Å². The maximum Gasteiger partial charge on any atom is 0.263 e. The Hall–Kier alpha value is -1.38. The van der Waals surface area contributed by atoms with Crippen molar-refractivity contribution in [3.8, 4) is 0 Å². The number of nitrogens with zero attached hydrogens (tertiary/aromatic N) is 4. The average molecular weight is 278 g/mol. The number of thioether (sulfide) groups is 1. The van der Waals surface area contributed by atoms with Crippen molar-refractivity contribution in [2.75, 3.05) is 17.2 Å². The van der Waals surface area contributed by atoms with E-state index in [0.29, 0.717) is 11.3 Å². The Kier molecular flexibility index (Phi) is 1.66. The minimum Gasteiger partial charge on any atom is -0.386 e. The number of ether oxygens (including phenoxy) is 1. The molecule has 0 bridgehead atoms. The summed E-state index contributed by atoms with van der Waals surface area (Å²) in [5, 5.41) is 10.6. The predicted molar refractivity (Wildman–Crippen MR) is 67.4 cm³/mol. The van der Waals surface area contributed by atoms with E-state index in [1.165, 1.54) is 0 Å². The summed E-state index contributed by atoms with van der Waals surface area (Å²) in [6, 6.07) is -0.130. The molecule has 2 fully saturated rings. The van der Waals surface area contributed by atoms with Crippen LogP contribution in [0.2, 0.25) is 0 Å². The van der Waals surface area contributed by atoms with E-state index in [-0.39, 0.29) is 12.3 Å². The first-order valence-corrected chi connectivity index (χ1v) is 7.32. The summed E-state index contributed by atoms with van der Waals surface area (Å²) in [7, 11) is 0. The molecule has 7 nitrogen and oxygen atoms in total. The van der Waals surface area contributed by atoms with Crippen LogP contribution in [0.4, 0.5) is 5.82 Å². The van der Waals surface area contributed by atoms with Gasteiger partial charge in [-0.3, -0.25) is 0 Å². The second-order valence-corrected chi connectivity index (χ2v) is 6.35. The van der Waals surface area contributed by atoms with Crippen molar-refractivity contribution < 1.29 is 14.4 Å². The summed E-state index contributed by atoms with van der Waals surface area (Å²) in [4.78, 5) is 8.46. The zero-order valence-electron chi connectivity index (χ0n) is 9.93. The van der Waals surface area contributed by atoms with Gasteiger partial charge in [0.05, 0.1) is 0 Å². The van der Waals surface area contributed by atoms with Crippen molar-refractivity contribution in [2.24, 2.45) is 0 Å². The molecule has 2 saturated heterocycles. The first-order valence-electron chi connectivity index (χ1n) is 6.17. The lowest BCUT2D eigenvalue weighted by atomic mass is 9.97. The second kappa shape index (κ2) is 3.02. The van der Waals surface area contributed by atoms with Crippen molar-refractivity contribution in [2.45, 2.75) is 24.0 Å². The monoisotopic (exact) mass is 278 g/mol. The number of rotatable bonds is 0. The molecule has 0 radical (unpaired) electrons. The second-order valence-electron chi connectivity index (χ2n) is 5.36. The lowest BCUT2D eigenvalue weighted by Gasteiger charge is -2.39. The molecular weight excluding hydrogens is 266 g/mol. The Bertz CT molecular complexity index is 712. The molecule has 8 heteroatoms. The lowest BCUT2D eigenvalue weighted by Crippen LogP contribution is -2.56. The van der Waals surface area contributed by atoms with Gasteiger partial charge in [0, 0.05) is 11.5 Å². The van der Waals surface area contributed by atoms with Crippen LogP contribution in [0, 0.1) is 0 Å². The molecule has 0 aromatic carbocycles. The summed E-state index contributed by atoms with van der Waals surface area (Å²) in [5.74, 6) is 2.10. The Labute approximate surface area is 112 Å². The summed E-state index contributed by atoms with van der Waals surface area (Å²) in [6.07, 6.45) is 2.68. The number of hydrogen-bond acceptors (Lipinski definition) is 6. The quantitative estimate of drug-likeness (QED) is 0.615. The van der Waals surface area contributed by atoms with E-state index in [1.54, 1.807) is 24.4 Å². The molecule has 19 heavy (non-hydrogen) atoms. The van der Waals surface area contributed by atoms with Gasteiger partial charge in [-0.25, -0.2) is 14.1 Å². The lowest BCUT2D eigenvalue weighted by molar-refractivity contribution is -0.703. The number of imidazole rings is 1. The number of aliphatic hydroxyl groups excluding tert-OH is 1. The maximum atomic E-state index is 10.6. The fourth-order valence-corrected chi connectivity index (χ4v) is 4.42. The molecular formula is C11H12N5O2S+. The van der Waals surface area contributed by atoms with Gasteiger partial charge in [0.1, 0.15) is 11.7 Å². The van der Waals surface area contributed by atoms with Gasteiger partial charge in [0.2, 0.25) is 18.4 Å². The fraction of sp³-hybridized carbons (Fsp3) is 0.545. The molecule has 5 rings (SSSR count). The molecule has 5 heterocycles. The van der Waals surface area contributed by atoms with Gasteiger partial charge in [-0.1, -0.05) is 4.98 Å². The van der Waals surface area contributed by atoms with Gasteiger partial charge in [-0.15, -0.1) is 0 Å². The molecule has 3 N–H and O–H groups in total. The third-order valence-electron chi connectivity index (χ3n) is 4.37. The Morgan fingerprint density at radius 2 is 2.37 bits per heavy atom. The maximum absolute atomic E-state index is 10.6. The van der Waals surface area contributed by atoms with Gasteiger partial charge in [0.25, 0.3) is 5.65 Å². The van der Waals surface area contributed by atoms with E-state index < -0.39 is 11.7 Å². The first-order chi connectivity index (χ1) is 9.21. The van der Waals surface area contributed by atoms with Crippen LogP contribution >= 0.6 is 11.8 Å². The van der Waals surface area contributed by atoms with Gasteiger partial charge in [0.15, 0.2) is 17.9 Å². The highest BCUT2D eigenvalue weighted by Gasteiger charge is 2.64.